The number of rotatable bonds is 5. The number of hydrogen-bond acceptors (Lipinski definition) is 3. The summed E-state index contributed by atoms with van der Waals surface area (Å²) in [6.07, 6.45) is 4.57. The molecule has 2 atom stereocenters. The van der Waals surface area contributed by atoms with E-state index in [1.54, 1.807) is 0 Å². The van der Waals surface area contributed by atoms with Gasteiger partial charge in [-0.1, -0.05) is 37.3 Å². The van der Waals surface area contributed by atoms with Crippen molar-refractivity contribution in [2.24, 2.45) is 0 Å². The fourth-order valence-corrected chi connectivity index (χ4v) is 3.41. The molecule has 0 spiro atoms. The first-order valence-electron chi connectivity index (χ1n) is 8.26. The predicted molar refractivity (Wildman–Crippen MR) is 89.3 cm³/mol. The Labute approximate surface area is 136 Å². The highest BCUT2D eigenvalue weighted by molar-refractivity contribution is 5.73. The zero-order valence-corrected chi connectivity index (χ0v) is 13.4. The van der Waals surface area contributed by atoms with Crippen LogP contribution >= 0.6 is 0 Å². The van der Waals surface area contributed by atoms with Crippen LogP contribution in [0, 0.1) is 0 Å². The summed E-state index contributed by atoms with van der Waals surface area (Å²) in [6, 6.07) is 9.75. The van der Waals surface area contributed by atoms with Crippen LogP contribution in [0.25, 0.3) is 11.3 Å². The average molecular weight is 313 g/mol. The number of aromatic nitrogens is 2. The quantitative estimate of drug-likeness (QED) is 0.890. The van der Waals surface area contributed by atoms with E-state index in [1.807, 2.05) is 31.3 Å². The summed E-state index contributed by atoms with van der Waals surface area (Å²) in [7, 11) is 0. The van der Waals surface area contributed by atoms with Crippen LogP contribution in [0.15, 0.2) is 36.5 Å². The van der Waals surface area contributed by atoms with Crippen molar-refractivity contribution in [2.75, 3.05) is 13.1 Å². The molecule has 0 unspecified atom stereocenters. The molecule has 0 aliphatic carbocycles. The van der Waals surface area contributed by atoms with Gasteiger partial charge in [-0.15, -0.1) is 0 Å². The summed E-state index contributed by atoms with van der Waals surface area (Å²) in [4.78, 5) is 21.5. The number of hydrogen-bond donors (Lipinski definition) is 2. The van der Waals surface area contributed by atoms with Gasteiger partial charge in [-0.3, -0.25) is 9.69 Å². The summed E-state index contributed by atoms with van der Waals surface area (Å²) in [5.41, 5.74) is 2.14. The molecule has 3 rings (SSSR count). The molecule has 5 heteroatoms. The standard InChI is InChI=1S/C18H23N3O2/c1-2-16(18(22)23)21-10-6-9-14(12-21)17-19-11-15(20-17)13-7-4-3-5-8-13/h3-5,7-8,11,14,16H,2,6,9-10,12H2,1H3,(H,19,20)(H,22,23)/t14-,16-/m0/s1. The van der Waals surface area contributed by atoms with E-state index in [0.717, 1.165) is 43.0 Å². The predicted octanol–water partition coefficient (Wildman–Crippen LogP) is 3.12. The molecular formula is C18H23N3O2. The fraction of sp³-hybridized carbons (Fsp3) is 0.444. The molecule has 1 aromatic carbocycles. The monoisotopic (exact) mass is 313 g/mol. The highest BCUT2D eigenvalue weighted by Crippen LogP contribution is 2.28. The Balaban J connectivity index is 1.74. The van der Waals surface area contributed by atoms with E-state index >= 15 is 0 Å². The molecule has 2 aromatic rings. The molecule has 1 aliphatic rings. The van der Waals surface area contributed by atoms with Gasteiger partial charge >= 0.3 is 5.97 Å². The molecule has 0 amide bonds. The van der Waals surface area contributed by atoms with Crippen LogP contribution in [0.4, 0.5) is 0 Å². The van der Waals surface area contributed by atoms with Crippen LogP contribution in [-0.2, 0) is 4.79 Å². The van der Waals surface area contributed by atoms with Crippen molar-refractivity contribution in [1.82, 2.24) is 14.9 Å². The van der Waals surface area contributed by atoms with Crippen molar-refractivity contribution in [2.45, 2.75) is 38.1 Å². The minimum Gasteiger partial charge on any atom is -0.480 e. The summed E-state index contributed by atoms with van der Waals surface area (Å²) in [5.74, 6) is 0.515. The molecule has 1 aromatic heterocycles. The first-order valence-corrected chi connectivity index (χ1v) is 8.26. The molecule has 0 saturated carbocycles. The highest BCUT2D eigenvalue weighted by atomic mass is 16.4. The molecule has 1 aliphatic heterocycles. The van der Waals surface area contributed by atoms with Gasteiger partial charge in [0.05, 0.1) is 11.9 Å². The lowest BCUT2D eigenvalue weighted by Crippen LogP contribution is -2.46. The largest absolute Gasteiger partial charge is 0.480 e. The minimum atomic E-state index is -0.724. The second kappa shape index (κ2) is 6.96. The van der Waals surface area contributed by atoms with E-state index in [0.29, 0.717) is 6.42 Å². The van der Waals surface area contributed by atoms with Crippen LogP contribution < -0.4 is 0 Å². The molecule has 5 nitrogen and oxygen atoms in total. The number of likely N-dealkylation sites (tertiary alicyclic amines) is 1. The Kier molecular flexibility index (Phi) is 4.76. The van der Waals surface area contributed by atoms with Gasteiger partial charge < -0.3 is 10.1 Å². The number of carboxylic acids is 1. The third-order valence-corrected chi connectivity index (χ3v) is 4.63. The Morgan fingerprint density at radius 2 is 2.22 bits per heavy atom. The smallest absolute Gasteiger partial charge is 0.320 e. The van der Waals surface area contributed by atoms with Gasteiger partial charge in [0, 0.05) is 12.5 Å². The summed E-state index contributed by atoms with van der Waals surface area (Å²) in [5, 5.41) is 9.37. The molecular weight excluding hydrogens is 290 g/mol. The van der Waals surface area contributed by atoms with Crippen molar-refractivity contribution in [3.05, 3.63) is 42.4 Å². The molecule has 23 heavy (non-hydrogen) atoms. The van der Waals surface area contributed by atoms with Crippen LogP contribution in [0.2, 0.25) is 0 Å². The maximum absolute atomic E-state index is 11.4. The molecule has 0 bridgehead atoms. The highest BCUT2D eigenvalue weighted by Gasteiger charge is 2.30. The fourth-order valence-electron chi connectivity index (χ4n) is 3.41. The molecule has 1 saturated heterocycles. The molecule has 0 radical (unpaired) electrons. The van der Waals surface area contributed by atoms with Crippen molar-refractivity contribution < 1.29 is 9.90 Å². The molecule has 2 heterocycles. The lowest BCUT2D eigenvalue weighted by molar-refractivity contribution is -0.144. The number of H-pyrrole nitrogens is 1. The number of nitrogens with zero attached hydrogens (tertiary/aromatic N) is 2. The van der Waals surface area contributed by atoms with Crippen LogP contribution in [-0.4, -0.2) is 45.1 Å². The van der Waals surface area contributed by atoms with Gasteiger partial charge in [-0.2, -0.15) is 0 Å². The van der Waals surface area contributed by atoms with E-state index in [9.17, 15) is 9.90 Å². The number of carboxylic acid groups (broad SMARTS) is 1. The second-order valence-electron chi connectivity index (χ2n) is 6.14. The van der Waals surface area contributed by atoms with E-state index in [1.165, 1.54) is 0 Å². The number of aliphatic carboxylic acids is 1. The summed E-state index contributed by atoms with van der Waals surface area (Å²) in [6.45, 7) is 3.54. The van der Waals surface area contributed by atoms with Gasteiger partial charge in [0.2, 0.25) is 0 Å². The van der Waals surface area contributed by atoms with Crippen molar-refractivity contribution in [1.29, 1.82) is 0 Å². The van der Waals surface area contributed by atoms with Gasteiger partial charge in [-0.05, 0) is 31.4 Å². The maximum Gasteiger partial charge on any atom is 0.320 e. The number of imidazole rings is 1. The number of aromatic amines is 1. The van der Waals surface area contributed by atoms with E-state index in [4.69, 9.17) is 0 Å². The average Bonchev–Trinajstić information content (AvgIpc) is 3.06. The first kappa shape index (κ1) is 15.7. The van der Waals surface area contributed by atoms with Crippen molar-refractivity contribution >= 4 is 5.97 Å². The minimum absolute atomic E-state index is 0.273. The van der Waals surface area contributed by atoms with Crippen LogP contribution in [0.5, 0.6) is 0 Å². The van der Waals surface area contributed by atoms with E-state index in [-0.39, 0.29) is 12.0 Å². The molecule has 122 valence electrons. The summed E-state index contributed by atoms with van der Waals surface area (Å²) >= 11 is 0. The molecule has 2 N–H and O–H groups in total. The Bertz CT molecular complexity index is 653. The summed E-state index contributed by atoms with van der Waals surface area (Å²) < 4.78 is 0. The number of carbonyl (C=O) groups is 1. The second-order valence-corrected chi connectivity index (χ2v) is 6.14. The first-order chi connectivity index (χ1) is 11.2. The normalized spacial score (nSPS) is 20.3. The maximum atomic E-state index is 11.4. The SMILES string of the molecule is CC[C@@H](C(=O)O)N1CCC[C@H](c2ncc(-c3ccccc3)[nH]2)C1. The van der Waals surface area contributed by atoms with E-state index in [2.05, 4.69) is 27.0 Å². The van der Waals surface area contributed by atoms with Crippen LogP contribution in [0.1, 0.15) is 37.9 Å². The zero-order valence-electron chi connectivity index (χ0n) is 13.4. The number of piperidine rings is 1. The Morgan fingerprint density at radius 3 is 2.91 bits per heavy atom. The zero-order chi connectivity index (χ0) is 16.2. The third kappa shape index (κ3) is 3.45. The lowest BCUT2D eigenvalue weighted by atomic mass is 9.95. The Hall–Kier alpha value is -2.14. The van der Waals surface area contributed by atoms with Gasteiger partial charge in [-0.25, -0.2) is 4.98 Å². The van der Waals surface area contributed by atoms with Gasteiger partial charge in [0.1, 0.15) is 11.9 Å². The van der Waals surface area contributed by atoms with Gasteiger partial charge in [0.25, 0.3) is 0 Å². The van der Waals surface area contributed by atoms with Crippen molar-refractivity contribution in [3.63, 3.8) is 0 Å². The number of benzene rings is 1. The van der Waals surface area contributed by atoms with Gasteiger partial charge in [0.15, 0.2) is 0 Å². The van der Waals surface area contributed by atoms with Crippen LogP contribution in [0.3, 0.4) is 0 Å². The molecule has 1 fully saturated rings. The third-order valence-electron chi connectivity index (χ3n) is 4.63. The van der Waals surface area contributed by atoms with Crippen molar-refractivity contribution in [3.8, 4) is 11.3 Å². The number of nitrogens with one attached hydrogen (secondary N) is 1. The van der Waals surface area contributed by atoms with E-state index < -0.39 is 5.97 Å². The Morgan fingerprint density at radius 1 is 1.43 bits per heavy atom. The topological polar surface area (TPSA) is 69.2 Å². The lowest BCUT2D eigenvalue weighted by Gasteiger charge is -2.35.